The molecule has 2 aromatic rings. The Kier molecular flexibility index (Phi) is 6.71. The van der Waals surface area contributed by atoms with E-state index in [1.54, 1.807) is 43.3 Å². The lowest BCUT2D eigenvalue weighted by Crippen LogP contribution is -2.34. The van der Waals surface area contributed by atoms with Gasteiger partial charge in [-0.15, -0.1) is 0 Å². The highest BCUT2D eigenvalue weighted by Crippen LogP contribution is 2.34. The third-order valence-corrected chi connectivity index (χ3v) is 4.61. The molecule has 2 N–H and O–H groups in total. The van der Waals surface area contributed by atoms with E-state index in [9.17, 15) is 14.4 Å². The molecule has 0 aromatic heterocycles. The van der Waals surface area contributed by atoms with Crippen LogP contribution in [0.15, 0.2) is 46.9 Å². The number of benzene rings is 2. The molecule has 0 saturated carbocycles. The van der Waals surface area contributed by atoms with Gasteiger partial charge in [-0.1, -0.05) is 28.1 Å². The predicted molar refractivity (Wildman–Crippen MR) is 107 cm³/mol. The van der Waals surface area contributed by atoms with Crippen molar-refractivity contribution in [1.29, 1.82) is 0 Å². The standard InChI is InChI=1S/C20H19BrN2O6/c1-12(13-5-6-16-17(8-13)29-11-28-16)23-18(24)10-27-19(25)9-22-20(26)14-3-2-4-15(21)7-14/h2-8,12H,9-11H2,1H3,(H,22,26)(H,23,24). The van der Waals surface area contributed by atoms with Gasteiger partial charge in [0.2, 0.25) is 6.79 Å². The van der Waals surface area contributed by atoms with Gasteiger partial charge >= 0.3 is 5.97 Å². The maximum absolute atomic E-state index is 12.0. The van der Waals surface area contributed by atoms with Crippen molar-refractivity contribution < 1.29 is 28.6 Å². The molecule has 8 nitrogen and oxygen atoms in total. The molecular formula is C20H19BrN2O6. The minimum atomic E-state index is -0.709. The number of fused-ring (bicyclic) bond motifs is 1. The van der Waals surface area contributed by atoms with Gasteiger partial charge < -0.3 is 24.8 Å². The number of ether oxygens (including phenoxy) is 3. The summed E-state index contributed by atoms with van der Waals surface area (Å²) in [7, 11) is 0. The molecule has 2 amide bonds. The van der Waals surface area contributed by atoms with Gasteiger partial charge in [0.25, 0.3) is 11.8 Å². The zero-order valence-corrected chi connectivity index (χ0v) is 17.2. The third kappa shape index (κ3) is 5.71. The van der Waals surface area contributed by atoms with Crippen LogP contribution >= 0.6 is 15.9 Å². The van der Waals surface area contributed by atoms with E-state index in [4.69, 9.17) is 14.2 Å². The number of carbonyl (C=O) groups excluding carboxylic acids is 3. The smallest absolute Gasteiger partial charge is 0.325 e. The third-order valence-electron chi connectivity index (χ3n) is 4.12. The normalized spacial score (nSPS) is 12.8. The molecule has 152 valence electrons. The number of hydrogen-bond acceptors (Lipinski definition) is 6. The zero-order chi connectivity index (χ0) is 20.8. The first-order valence-corrected chi connectivity index (χ1v) is 9.60. The minimum absolute atomic E-state index is 0.174. The fraction of sp³-hybridized carbons (Fsp3) is 0.250. The first kappa shape index (κ1) is 20.7. The number of carbonyl (C=O) groups is 3. The topological polar surface area (TPSA) is 103 Å². The lowest BCUT2D eigenvalue weighted by atomic mass is 10.1. The van der Waals surface area contributed by atoms with Crippen LogP contribution in [-0.2, 0) is 14.3 Å². The number of halogens is 1. The molecule has 0 bridgehead atoms. The Hall–Kier alpha value is -3.07. The second-order valence-electron chi connectivity index (χ2n) is 6.26. The highest BCUT2D eigenvalue weighted by Gasteiger charge is 2.17. The van der Waals surface area contributed by atoms with Gasteiger partial charge in [-0.05, 0) is 42.8 Å². The molecule has 1 atom stereocenters. The van der Waals surface area contributed by atoms with Crippen LogP contribution in [0.25, 0.3) is 0 Å². The van der Waals surface area contributed by atoms with Gasteiger partial charge in [0.1, 0.15) is 6.54 Å². The number of amides is 2. The van der Waals surface area contributed by atoms with Gasteiger partial charge in [-0.3, -0.25) is 14.4 Å². The largest absolute Gasteiger partial charge is 0.454 e. The molecule has 1 aliphatic rings. The van der Waals surface area contributed by atoms with Crippen molar-refractivity contribution in [2.75, 3.05) is 19.9 Å². The lowest BCUT2D eigenvalue weighted by molar-refractivity contribution is -0.147. The summed E-state index contributed by atoms with van der Waals surface area (Å²) in [5.41, 5.74) is 1.23. The van der Waals surface area contributed by atoms with E-state index >= 15 is 0 Å². The lowest BCUT2D eigenvalue weighted by Gasteiger charge is -2.15. The quantitative estimate of drug-likeness (QED) is 0.612. The van der Waals surface area contributed by atoms with Crippen molar-refractivity contribution in [3.05, 3.63) is 58.1 Å². The van der Waals surface area contributed by atoms with E-state index in [1.807, 2.05) is 6.07 Å². The SMILES string of the molecule is CC(NC(=O)COC(=O)CNC(=O)c1cccc(Br)c1)c1ccc2c(c1)OCO2. The molecule has 1 unspecified atom stereocenters. The maximum Gasteiger partial charge on any atom is 0.325 e. The first-order chi connectivity index (χ1) is 13.9. The van der Waals surface area contributed by atoms with E-state index < -0.39 is 24.4 Å². The molecule has 0 spiro atoms. The molecule has 3 rings (SSSR count). The van der Waals surface area contributed by atoms with Crippen LogP contribution in [-0.4, -0.2) is 37.7 Å². The van der Waals surface area contributed by atoms with Gasteiger partial charge in [0, 0.05) is 10.0 Å². The highest BCUT2D eigenvalue weighted by molar-refractivity contribution is 9.10. The second-order valence-corrected chi connectivity index (χ2v) is 7.17. The summed E-state index contributed by atoms with van der Waals surface area (Å²) < 4.78 is 16.2. The predicted octanol–water partition coefficient (Wildman–Crippen LogP) is 2.33. The van der Waals surface area contributed by atoms with E-state index in [-0.39, 0.29) is 19.4 Å². The molecular weight excluding hydrogens is 444 g/mol. The molecule has 2 aromatic carbocycles. The van der Waals surface area contributed by atoms with Gasteiger partial charge in [0.15, 0.2) is 18.1 Å². The number of rotatable bonds is 7. The Morgan fingerprint density at radius 2 is 1.93 bits per heavy atom. The zero-order valence-electron chi connectivity index (χ0n) is 15.6. The molecule has 29 heavy (non-hydrogen) atoms. The number of nitrogens with one attached hydrogen (secondary N) is 2. The van der Waals surface area contributed by atoms with Crippen molar-refractivity contribution in [2.45, 2.75) is 13.0 Å². The van der Waals surface area contributed by atoms with Crippen LogP contribution in [0, 0.1) is 0 Å². The molecule has 0 aliphatic carbocycles. The minimum Gasteiger partial charge on any atom is -0.454 e. The summed E-state index contributed by atoms with van der Waals surface area (Å²) >= 11 is 3.27. The summed E-state index contributed by atoms with van der Waals surface area (Å²) in [5.74, 6) is -0.299. The summed E-state index contributed by atoms with van der Waals surface area (Å²) in [6, 6.07) is 11.8. The fourth-order valence-corrected chi connectivity index (χ4v) is 3.03. The van der Waals surface area contributed by atoms with Crippen LogP contribution in [0.3, 0.4) is 0 Å². The fourth-order valence-electron chi connectivity index (χ4n) is 2.63. The van der Waals surface area contributed by atoms with E-state index in [0.717, 1.165) is 10.0 Å². The Labute approximate surface area is 175 Å². The van der Waals surface area contributed by atoms with E-state index in [2.05, 4.69) is 26.6 Å². The van der Waals surface area contributed by atoms with Crippen LogP contribution in [0.5, 0.6) is 11.5 Å². The molecule has 1 aliphatic heterocycles. The van der Waals surface area contributed by atoms with Crippen LogP contribution in [0.1, 0.15) is 28.9 Å². The Morgan fingerprint density at radius 1 is 1.14 bits per heavy atom. The summed E-state index contributed by atoms with van der Waals surface area (Å²) in [4.78, 5) is 35.8. The molecule has 9 heteroatoms. The van der Waals surface area contributed by atoms with Gasteiger partial charge in [-0.2, -0.15) is 0 Å². The number of hydrogen-bond donors (Lipinski definition) is 2. The number of esters is 1. The Bertz CT molecular complexity index is 933. The van der Waals surface area contributed by atoms with Crippen molar-refractivity contribution in [1.82, 2.24) is 10.6 Å². The summed E-state index contributed by atoms with van der Waals surface area (Å²) in [6.45, 7) is 1.19. The van der Waals surface area contributed by atoms with E-state index in [0.29, 0.717) is 17.1 Å². The summed E-state index contributed by atoms with van der Waals surface area (Å²) in [5, 5.41) is 5.18. The average Bonchev–Trinajstić information content (AvgIpc) is 3.18. The Morgan fingerprint density at radius 3 is 2.72 bits per heavy atom. The molecule has 1 heterocycles. The van der Waals surface area contributed by atoms with Crippen LogP contribution < -0.4 is 20.1 Å². The van der Waals surface area contributed by atoms with Crippen molar-refractivity contribution in [3.63, 3.8) is 0 Å². The van der Waals surface area contributed by atoms with Crippen molar-refractivity contribution in [3.8, 4) is 11.5 Å². The molecule has 0 saturated heterocycles. The maximum atomic E-state index is 12.0. The monoisotopic (exact) mass is 462 g/mol. The van der Waals surface area contributed by atoms with E-state index in [1.165, 1.54) is 0 Å². The van der Waals surface area contributed by atoms with Crippen LogP contribution in [0.4, 0.5) is 0 Å². The van der Waals surface area contributed by atoms with Crippen LogP contribution in [0.2, 0.25) is 0 Å². The van der Waals surface area contributed by atoms with Gasteiger partial charge in [-0.25, -0.2) is 0 Å². The average molecular weight is 463 g/mol. The van der Waals surface area contributed by atoms with Crippen molar-refractivity contribution in [2.24, 2.45) is 0 Å². The molecule has 0 fully saturated rings. The highest BCUT2D eigenvalue weighted by atomic mass is 79.9. The molecule has 0 radical (unpaired) electrons. The van der Waals surface area contributed by atoms with Gasteiger partial charge in [0.05, 0.1) is 6.04 Å². The first-order valence-electron chi connectivity index (χ1n) is 8.80. The second kappa shape index (κ2) is 9.42. The Balaban J connectivity index is 1.40. The summed E-state index contributed by atoms with van der Waals surface area (Å²) in [6.07, 6.45) is 0. The van der Waals surface area contributed by atoms with Crippen molar-refractivity contribution >= 4 is 33.7 Å².